The van der Waals surface area contributed by atoms with Gasteiger partial charge in [-0.15, -0.1) is 0 Å². The van der Waals surface area contributed by atoms with E-state index in [0.29, 0.717) is 0 Å². The second-order valence-electron chi connectivity index (χ2n) is 3.19. The molecule has 1 rings (SSSR count). The maximum atomic E-state index is 12.5. The van der Waals surface area contributed by atoms with Crippen LogP contribution in [0.5, 0.6) is 0 Å². The highest BCUT2D eigenvalue weighted by Gasteiger charge is 2.17. The standard InChI is InChI=1S/C9H9ClF2O2S/c1-6-2-3-8(9(11)12)7(4-6)5-15(10,13)14/h2-4,9H,5H2,1H3. The van der Waals surface area contributed by atoms with Gasteiger partial charge in [-0.3, -0.25) is 0 Å². The number of hydrogen-bond donors (Lipinski definition) is 0. The normalized spacial score (nSPS) is 12.1. The molecule has 1 aromatic rings. The fraction of sp³-hybridized carbons (Fsp3) is 0.333. The van der Waals surface area contributed by atoms with Crippen LogP contribution in [0.3, 0.4) is 0 Å². The first-order chi connectivity index (χ1) is 6.79. The summed E-state index contributed by atoms with van der Waals surface area (Å²) in [7, 11) is 1.21. The second-order valence-corrected chi connectivity index (χ2v) is 5.96. The van der Waals surface area contributed by atoms with Crippen LogP contribution in [-0.4, -0.2) is 8.42 Å². The average molecular weight is 255 g/mol. The number of benzene rings is 1. The Kier molecular flexibility index (Phi) is 3.67. The minimum Gasteiger partial charge on any atom is -0.212 e. The summed E-state index contributed by atoms with van der Waals surface area (Å²) in [5, 5.41) is 0. The predicted molar refractivity (Wildman–Crippen MR) is 54.6 cm³/mol. The maximum absolute atomic E-state index is 12.5. The van der Waals surface area contributed by atoms with Gasteiger partial charge in [0, 0.05) is 16.2 Å². The maximum Gasteiger partial charge on any atom is 0.264 e. The molecule has 0 amide bonds. The molecule has 0 radical (unpaired) electrons. The SMILES string of the molecule is Cc1ccc(C(F)F)c(CS(=O)(=O)Cl)c1. The van der Waals surface area contributed by atoms with E-state index in [1.54, 1.807) is 6.92 Å². The number of halogens is 3. The van der Waals surface area contributed by atoms with Crippen molar-refractivity contribution in [2.45, 2.75) is 19.1 Å². The molecule has 0 aliphatic carbocycles. The van der Waals surface area contributed by atoms with Crippen molar-refractivity contribution in [1.29, 1.82) is 0 Å². The molecule has 6 heteroatoms. The Labute approximate surface area is 91.3 Å². The molecule has 0 fully saturated rings. The van der Waals surface area contributed by atoms with Crippen molar-refractivity contribution >= 4 is 19.7 Å². The molecule has 0 saturated carbocycles. The zero-order valence-corrected chi connectivity index (χ0v) is 9.45. The molecule has 2 nitrogen and oxygen atoms in total. The van der Waals surface area contributed by atoms with Gasteiger partial charge >= 0.3 is 0 Å². The van der Waals surface area contributed by atoms with Crippen LogP contribution in [0.4, 0.5) is 8.78 Å². The fourth-order valence-corrected chi connectivity index (χ4v) is 2.23. The van der Waals surface area contributed by atoms with Gasteiger partial charge in [-0.1, -0.05) is 23.8 Å². The van der Waals surface area contributed by atoms with Gasteiger partial charge < -0.3 is 0 Å². The second kappa shape index (κ2) is 4.45. The van der Waals surface area contributed by atoms with Gasteiger partial charge in [-0.05, 0) is 12.5 Å². The molecule has 0 bridgehead atoms. The first-order valence-electron chi connectivity index (χ1n) is 4.09. The third-order valence-corrected chi connectivity index (χ3v) is 2.84. The van der Waals surface area contributed by atoms with Crippen molar-refractivity contribution in [2.24, 2.45) is 0 Å². The lowest BCUT2D eigenvalue weighted by Crippen LogP contribution is -2.01. The van der Waals surface area contributed by atoms with E-state index < -0.39 is 21.2 Å². The van der Waals surface area contributed by atoms with E-state index in [1.807, 2.05) is 0 Å². The van der Waals surface area contributed by atoms with Crippen LogP contribution < -0.4 is 0 Å². The van der Waals surface area contributed by atoms with Crippen molar-refractivity contribution in [3.63, 3.8) is 0 Å². The third kappa shape index (κ3) is 3.76. The minimum atomic E-state index is -3.81. The van der Waals surface area contributed by atoms with Gasteiger partial charge in [0.25, 0.3) is 6.43 Å². The molecule has 0 aliphatic heterocycles. The van der Waals surface area contributed by atoms with Gasteiger partial charge in [0.15, 0.2) is 0 Å². The molecule has 1 aromatic carbocycles. The molecule has 0 heterocycles. The minimum absolute atomic E-state index is 0.0556. The zero-order valence-electron chi connectivity index (χ0n) is 7.88. The molecule has 0 N–H and O–H groups in total. The van der Waals surface area contributed by atoms with Crippen LogP contribution >= 0.6 is 10.7 Å². The Morgan fingerprint density at radius 2 is 2.00 bits per heavy atom. The summed E-state index contributed by atoms with van der Waals surface area (Å²) in [6.07, 6.45) is -2.70. The van der Waals surface area contributed by atoms with Crippen LogP contribution in [0.2, 0.25) is 0 Å². The van der Waals surface area contributed by atoms with Crippen molar-refractivity contribution in [3.8, 4) is 0 Å². The molecule has 0 spiro atoms. The number of hydrogen-bond acceptors (Lipinski definition) is 2. The van der Waals surface area contributed by atoms with E-state index in [1.165, 1.54) is 18.2 Å². The van der Waals surface area contributed by atoms with Gasteiger partial charge in [0.1, 0.15) is 0 Å². The Morgan fingerprint density at radius 3 is 2.47 bits per heavy atom. The van der Waals surface area contributed by atoms with E-state index in [4.69, 9.17) is 10.7 Å². The van der Waals surface area contributed by atoms with Gasteiger partial charge in [-0.25, -0.2) is 17.2 Å². The Balaban J connectivity index is 3.19. The highest BCUT2D eigenvalue weighted by atomic mass is 35.7. The smallest absolute Gasteiger partial charge is 0.212 e. The summed E-state index contributed by atoms with van der Waals surface area (Å²) < 4.78 is 46.6. The summed E-state index contributed by atoms with van der Waals surface area (Å²) in [5.41, 5.74) is 0.486. The van der Waals surface area contributed by atoms with Crippen LogP contribution in [-0.2, 0) is 14.8 Å². The monoisotopic (exact) mass is 254 g/mol. The topological polar surface area (TPSA) is 34.1 Å². The Bertz CT molecular complexity index is 457. The van der Waals surface area contributed by atoms with Crippen molar-refractivity contribution in [2.75, 3.05) is 0 Å². The molecule has 0 atom stereocenters. The van der Waals surface area contributed by atoms with Crippen molar-refractivity contribution in [3.05, 3.63) is 34.9 Å². The largest absolute Gasteiger partial charge is 0.264 e. The van der Waals surface area contributed by atoms with Crippen molar-refractivity contribution in [1.82, 2.24) is 0 Å². The lowest BCUT2D eigenvalue weighted by Gasteiger charge is -2.08. The number of alkyl halides is 2. The summed E-state index contributed by atoms with van der Waals surface area (Å²) in [6, 6.07) is 4.13. The Hall–Kier alpha value is -0.680. The van der Waals surface area contributed by atoms with Crippen LogP contribution in [0, 0.1) is 6.92 Å². The van der Waals surface area contributed by atoms with E-state index >= 15 is 0 Å². The van der Waals surface area contributed by atoms with Crippen LogP contribution in [0.15, 0.2) is 18.2 Å². The molecular weight excluding hydrogens is 246 g/mol. The lowest BCUT2D eigenvalue weighted by molar-refractivity contribution is 0.150. The highest BCUT2D eigenvalue weighted by molar-refractivity contribution is 8.13. The first-order valence-corrected chi connectivity index (χ1v) is 6.57. The molecule has 84 valence electrons. The van der Waals surface area contributed by atoms with E-state index in [0.717, 1.165) is 5.56 Å². The number of rotatable bonds is 3. The Morgan fingerprint density at radius 1 is 1.40 bits per heavy atom. The fourth-order valence-electron chi connectivity index (χ4n) is 1.26. The number of aryl methyl sites for hydroxylation is 1. The van der Waals surface area contributed by atoms with Gasteiger partial charge in [-0.2, -0.15) is 0 Å². The molecule has 0 aromatic heterocycles. The zero-order chi connectivity index (χ0) is 11.6. The summed E-state index contributed by atoms with van der Waals surface area (Å²) in [4.78, 5) is 0. The van der Waals surface area contributed by atoms with E-state index in [9.17, 15) is 17.2 Å². The third-order valence-electron chi connectivity index (χ3n) is 1.86. The first kappa shape index (κ1) is 12.4. The van der Waals surface area contributed by atoms with Crippen LogP contribution in [0.1, 0.15) is 23.1 Å². The van der Waals surface area contributed by atoms with Gasteiger partial charge in [0.05, 0.1) is 5.75 Å². The summed E-state index contributed by atoms with van der Waals surface area (Å²) in [5.74, 6) is -0.574. The highest BCUT2D eigenvalue weighted by Crippen LogP contribution is 2.26. The molecule has 0 aliphatic rings. The van der Waals surface area contributed by atoms with E-state index in [-0.39, 0.29) is 11.1 Å². The van der Waals surface area contributed by atoms with Crippen molar-refractivity contribution < 1.29 is 17.2 Å². The van der Waals surface area contributed by atoms with Gasteiger partial charge in [0.2, 0.25) is 9.05 Å². The lowest BCUT2D eigenvalue weighted by atomic mass is 10.1. The van der Waals surface area contributed by atoms with Crippen LogP contribution in [0.25, 0.3) is 0 Å². The molecule has 15 heavy (non-hydrogen) atoms. The molecular formula is C9H9ClF2O2S. The quantitative estimate of drug-likeness (QED) is 0.777. The predicted octanol–water partition coefficient (Wildman–Crippen LogP) is 3.00. The summed E-state index contributed by atoms with van der Waals surface area (Å²) >= 11 is 0. The molecule has 0 saturated heterocycles. The van der Waals surface area contributed by atoms with E-state index in [2.05, 4.69) is 0 Å². The summed E-state index contributed by atoms with van der Waals surface area (Å²) in [6.45, 7) is 1.69. The molecule has 0 unspecified atom stereocenters. The average Bonchev–Trinajstić information content (AvgIpc) is 1.99.